The van der Waals surface area contributed by atoms with Crippen molar-refractivity contribution in [1.82, 2.24) is 14.8 Å². The Morgan fingerprint density at radius 3 is 2.91 bits per heavy atom. The summed E-state index contributed by atoms with van der Waals surface area (Å²) in [7, 11) is 0. The number of aryl methyl sites for hydroxylation is 1. The number of hydrogen-bond donors (Lipinski definition) is 1. The molecule has 1 aromatic carbocycles. The second-order valence-electron chi connectivity index (χ2n) is 4.75. The van der Waals surface area contributed by atoms with Crippen molar-refractivity contribution in [2.75, 3.05) is 5.32 Å². The lowest BCUT2D eigenvalue weighted by atomic mass is 10.2. The molecular weight excluding hydrogens is 300 g/mol. The van der Waals surface area contributed by atoms with E-state index in [0.29, 0.717) is 10.7 Å². The molecule has 0 atom stereocenters. The van der Waals surface area contributed by atoms with Gasteiger partial charge in [0, 0.05) is 22.7 Å². The second kappa shape index (κ2) is 6.07. The van der Waals surface area contributed by atoms with E-state index in [0.717, 1.165) is 28.6 Å². The highest BCUT2D eigenvalue weighted by Crippen LogP contribution is 2.20. The molecule has 22 heavy (non-hydrogen) atoms. The zero-order chi connectivity index (χ0) is 15.5. The van der Waals surface area contributed by atoms with Crippen LogP contribution in [0.1, 0.15) is 22.3 Å². The Labute approximate surface area is 130 Å². The molecule has 2 aromatic heterocycles. The number of aldehydes is 1. The zero-order valence-corrected chi connectivity index (χ0v) is 12.8. The van der Waals surface area contributed by atoms with Crippen LogP contribution in [0.25, 0.3) is 10.9 Å². The lowest BCUT2D eigenvalue weighted by Crippen LogP contribution is -2.18. The maximum absolute atomic E-state index is 12.1. The average molecular weight is 314 g/mol. The third-order valence-corrected chi connectivity index (χ3v) is 4.26. The van der Waals surface area contributed by atoms with Crippen LogP contribution in [-0.2, 0) is 17.8 Å². The number of amides is 1. The maximum Gasteiger partial charge on any atom is 0.246 e. The summed E-state index contributed by atoms with van der Waals surface area (Å²) in [5, 5.41) is 12.8. The smallest absolute Gasteiger partial charge is 0.246 e. The fourth-order valence-electron chi connectivity index (χ4n) is 2.26. The molecule has 112 valence electrons. The lowest BCUT2D eigenvalue weighted by molar-refractivity contribution is -0.116. The Morgan fingerprint density at radius 2 is 2.18 bits per heavy atom. The van der Waals surface area contributed by atoms with Crippen molar-refractivity contribution in [3.05, 3.63) is 41.0 Å². The van der Waals surface area contributed by atoms with Crippen molar-refractivity contribution >= 4 is 39.6 Å². The van der Waals surface area contributed by atoms with Crippen LogP contribution in [0, 0.1) is 0 Å². The Balaban J connectivity index is 1.80. The van der Waals surface area contributed by atoms with Gasteiger partial charge in [-0.2, -0.15) is 0 Å². The van der Waals surface area contributed by atoms with Gasteiger partial charge in [0.05, 0.1) is 0 Å². The Hall–Kier alpha value is -2.54. The summed E-state index contributed by atoms with van der Waals surface area (Å²) in [6, 6.07) is 7.50. The van der Waals surface area contributed by atoms with E-state index in [1.165, 1.54) is 11.3 Å². The van der Waals surface area contributed by atoms with Crippen LogP contribution in [-0.4, -0.2) is 27.0 Å². The molecule has 0 radical (unpaired) electrons. The van der Waals surface area contributed by atoms with E-state index in [1.54, 1.807) is 10.8 Å². The van der Waals surface area contributed by atoms with Crippen molar-refractivity contribution in [1.29, 1.82) is 0 Å². The number of para-hydroxylation sites is 1. The Kier molecular flexibility index (Phi) is 3.97. The number of anilines is 1. The van der Waals surface area contributed by atoms with E-state index >= 15 is 0 Å². The lowest BCUT2D eigenvalue weighted by Gasteiger charge is -2.04. The van der Waals surface area contributed by atoms with Crippen molar-refractivity contribution in [2.24, 2.45) is 0 Å². The van der Waals surface area contributed by atoms with Gasteiger partial charge in [-0.25, -0.2) is 0 Å². The standard InChI is InChI=1S/C15H14N4O2S/c1-2-14-17-18-15(22-14)16-13(21)8-19-7-10(9-20)11-5-3-4-6-12(11)19/h3-7,9H,2,8H2,1H3,(H,16,18,21). The predicted molar refractivity (Wildman–Crippen MR) is 85.2 cm³/mol. The van der Waals surface area contributed by atoms with Gasteiger partial charge in [-0.05, 0) is 12.5 Å². The molecule has 0 aliphatic heterocycles. The molecule has 3 rings (SSSR count). The van der Waals surface area contributed by atoms with Crippen molar-refractivity contribution in [3.63, 3.8) is 0 Å². The largest absolute Gasteiger partial charge is 0.337 e. The van der Waals surface area contributed by atoms with Crippen LogP contribution in [0.3, 0.4) is 0 Å². The van der Waals surface area contributed by atoms with E-state index < -0.39 is 0 Å². The summed E-state index contributed by atoms with van der Waals surface area (Å²) >= 11 is 1.37. The number of carbonyl (C=O) groups excluding carboxylic acids is 2. The van der Waals surface area contributed by atoms with Crippen LogP contribution in [0.15, 0.2) is 30.5 Å². The number of nitrogens with one attached hydrogen (secondary N) is 1. The molecule has 0 aliphatic carbocycles. The normalized spacial score (nSPS) is 10.8. The number of hydrogen-bond acceptors (Lipinski definition) is 5. The fourth-order valence-corrected chi connectivity index (χ4v) is 2.96. The summed E-state index contributed by atoms with van der Waals surface area (Å²) in [6.45, 7) is 2.11. The topological polar surface area (TPSA) is 76.9 Å². The summed E-state index contributed by atoms with van der Waals surface area (Å²) in [5.41, 5.74) is 1.43. The van der Waals surface area contributed by atoms with Gasteiger partial charge in [-0.3, -0.25) is 14.9 Å². The number of nitrogens with zero attached hydrogens (tertiary/aromatic N) is 3. The molecule has 0 saturated carbocycles. The Morgan fingerprint density at radius 1 is 1.36 bits per heavy atom. The first kappa shape index (κ1) is 14.4. The quantitative estimate of drug-likeness (QED) is 0.734. The molecule has 7 heteroatoms. The molecule has 0 fully saturated rings. The fraction of sp³-hybridized carbons (Fsp3) is 0.200. The minimum absolute atomic E-state index is 0.120. The molecule has 0 spiro atoms. The molecule has 2 heterocycles. The maximum atomic E-state index is 12.1. The van der Waals surface area contributed by atoms with Gasteiger partial charge in [0.15, 0.2) is 6.29 Å². The molecule has 3 aromatic rings. The van der Waals surface area contributed by atoms with E-state index in [1.807, 2.05) is 31.2 Å². The van der Waals surface area contributed by atoms with Crippen molar-refractivity contribution in [2.45, 2.75) is 19.9 Å². The van der Waals surface area contributed by atoms with Crippen LogP contribution in [0.2, 0.25) is 0 Å². The summed E-state index contributed by atoms with van der Waals surface area (Å²) in [5.74, 6) is -0.197. The molecule has 0 unspecified atom stereocenters. The monoisotopic (exact) mass is 314 g/mol. The van der Waals surface area contributed by atoms with Gasteiger partial charge in [-0.1, -0.05) is 36.5 Å². The van der Waals surface area contributed by atoms with E-state index in [2.05, 4.69) is 15.5 Å². The molecule has 1 amide bonds. The first-order chi connectivity index (χ1) is 10.7. The van der Waals surface area contributed by atoms with Crippen LogP contribution >= 0.6 is 11.3 Å². The van der Waals surface area contributed by atoms with Crippen LogP contribution < -0.4 is 5.32 Å². The van der Waals surface area contributed by atoms with E-state index in [9.17, 15) is 9.59 Å². The Bertz CT molecular complexity index is 837. The SMILES string of the molecule is CCc1nnc(NC(=O)Cn2cc(C=O)c3ccccc32)s1. The highest BCUT2D eigenvalue weighted by Gasteiger charge is 2.12. The average Bonchev–Trinajstić information content (AvgIpc) is 3.12. The number of carbonyl (C=O) groups is 2. The number of benzene rings is 1. The van der Waals surface area contributed by atoms with Gasteiger partial charge in [0.2, 0.25) is 11.0 Å². The van der Waals surface area contributed by atoms with E-state index in [4.69, 9.17) is 0 Å². The molecular formula is C15H14N4O2S. The van der Waals surface area contributed by atoms with E-state index in [-0.39, 0.29) is 12.5 Å². The highest BCUT2D eigenvalue weighted by atomic mass is 32.1. The minimum atomic E-state index is -0.197. The summed E-state index contributed by atoms with van der Waals surface area (Å²) in [4.78, 5) is 23.3. The second-order valence-corrected chi connectivity index (χ2v) is 5.81. The van der Waals surface area contributed by atoms with Gasteiger partial charge in [-0.15, -0.1) is 10.2 Å². The molecule has 0 aliphatic rings. The third-order valence-electron chi connectivity index (χ3n) is 3.28. The van der Waals surface area contributed by atoms with Gasteiger partial charge >= 0.3 is 0 Å². The van der Waals surface area contributed by atoms with Gasteiger partial charge < -0.3 is 4.57 Å². The first-order valence-electron chi connectivity index (χ1n) is 6.86. The van der Waals surface area contributed by atoms with Crippen molar-refractivity contribution < 1.29 is 9.59 Å². The van der Waals surface area contributed by atoms with Gasteiger partial charge in [0.1, 0.15) is 11.6 Å². The minimum Gasteiger partial charge on any atom is -0.337 e. The molecule has 0 bridgehead atoms. The first-order valence-corrected chi connectivity index (χ1v) is 7.68. The summed E-state index contributed by atoms with van der Waals surface area (Å²) < 4.78 is 1.76. The van der Waals surface area contributed by atoms with Crippen molar-refractivity contribution in [3.8, 4) is 0 Å². The highest BCUT2D eigenvalue weighted by molar-refractivity contribution is 7.15. The molecule has 0 saturated heterocycles. The molecule has 6 nitrogen and oxygen atoms in total. The number of rotatable bonds is 5. The summed E-state index contributed by atoms with van der Waals surface area (Å²) in [6.07, 6.45) is 3.28. The predicted octanol–water partition coefficient (Wildman–Crippen LogP) is 2.51. The molecule has 1 N–H and O–H groups in total. The van der Waals surface area contributed by atoms with Crippen LogP contribution in [0.5, 0.6) is 0 Å². The number of aromatic nitrogens is 3. The number of fused-ring (bicyclic) bond motifs is 1. The third kappa shape index (κ3) is 2.75. The van der Waals surface area contributed by atoms with Gasteiger partial charge in [0.25, 0.3) is 0 Å². The van der Waals surface area contributed by atoms with Crippen LogP contribution in [0.4, 0.5) is 5.13 Å². The zero-order valence-electron chi connectivity index (χ0n) is 11.9.